The first-order valence-electron chi connectivity index (χ1n) is 10.8. The van der Waals surface area contributed by atoms with Crippen LogP contribution in [0.1, 0.15) is 65.1 Å². The third-order valence-corrected chi connectivity index (χ3v) is 21.3. The van der Waals surface area contributed by atoms with Crippen LogP contribution < -0.4 is 9.20 Å². The van der Waals surface area contributed by atoms with E-state index in [2.05, 4.69) is 39.0 Å². The van der Waals surface area contributed by atoms with Crippen LogP contribution in [-0.4, -0.2) is 18.4 Å². The molecule has 0 saturated carbocycles. The van der Waals surface area contributed by atoms with Gasteiger partial charge in [0.2, 0.25) is 0 Å². The Labute approximate surface area is 169 Å². The third-order valence-electron chi connectivity index (χ3n) is 5.74. The summed E-state index contributed by atoms with van der Waals surface area (Å²) in [4.78, 5) is 13.0. The molecule has 1 heterocycles. The standard InChI is InChI=1S/C12H9O2.3C4H9.Sn/c1-9-7-8-11(12(13)14-9)10-5-3-2-4-6-10;3*1-3-4-2;/h2-7H,1H3;3*1,3-4H2,2H3;. The van der Waals surface area contributed by atoms with Crippen molar-refractivity contribution < 1.29 is 4.42 Å². The quantitative estimate of drug-likeness (QED) is 0.340. The van der Waals surface area contributed by atoms with E-state index < -0.39 is 18.4 Å². The summed E-state index contributed by atoms with van der Waals surface area (Å²) in [5, 5.41) is 0. The monoisotopic (exact) mass is 476 g/mol. The molecule has 0 N–H and O–H groups in total. The second-order valence-corrected chi connectivity index (χ2v) is 21.0. The number of aryl methyl sites for hydroxylation is 1. The van der Waals surface area contributed by atoms with Crippen LogP contribution in [0.25, 0.3) is 11.1 Å². The zero-order valence-corrected chi connectivity index (χ0v) is 20.5. The van der Waals surface area contributed by atoms with E-state index in [9.17, 15) is 4.79 Å². The number of hydrogen-bond acceptors (Lipinski definition) is 2. The molecule has 148 valence electrons. The van der Waals surface area contributed by atoms with E-state index in [0.717, 1.165) is 16.9 Å². The molecule has 0 spiro atoms. The van der Waals surface area contributed by atoms with Crippen LogP contribution in [0.3, 0.4) is 0 Å². The molecule has 0 atom stereocenters. The molecule has 1 aromatic carbocycles. The molecule has 0 saturated heterocycles. The molecule has 27 heavy (non-hydrogen) atoms. The van der Waals surface area contributed by atoms with Gasteiger partial charge >= 0.3 is 170 Å². The van der Waals surface area contributed by atoms with Crippen LogP contribution in [0.4, 0.5) is 0 Å². The summed E-state index contributed by atoms with van der Waals surface area (Å²) in [5.74, 6) is 0.778. The number of unbranched alkanes of at least 4 members (excludes halogenated alkanes) is 3. The fraction of sp³-hybridized carbons (Fsp3) is 0.542. The zero-order chi connectivity index (χ0) is 19.7. The second kappa shape index (κ2) is 11.1. The maximum absolute atomic E-state index is 13.0. The molecule has 0 aliphatic rings. The van der Waals surface area contributed by atoms with Gasteiger partial charge in [-0.1, -0.05) is 0 Å². The molecule has 2 rings (SSSR count). The van der Waals surface area contributed by atoms with Gasteiger partial charge in [-0.3, -0.25) is 0 Å². The molecule has 3 heteroatoms. The molecule has 0 aliphatic carbocycles. The Kier molecular flexibility index (Phi) is 9.14. The van der Waals surface area contributed by atoms with E-state index in [1.807, 2.05) is 25.1 Å². The van der Waals surface area contributed by atoms with Crippen LogP contribution in [0.15, 0.2) is 45.6 Å². The van der Waals surface area contributed by atoms with Gasteiger partial charge in [0, 0.05) is 0 Å². The molecule has 1 aromatic heterocycles. The van der Waals surface area contributed by atoms with Crippen molar-refractivity contribution in [3.63, 3.8) is 0 Å². The van der Waals surface area contributed by atoms with Crippen molar-refractivity contribution in [2.45, 2.75) is 79.5 Å². The Morgan fingerprint density at radius 2 is 1.37 bits per heavy atom. The van der Waals surface area contributed by atoms with E-state index in [1.165, 1.54) is 55.4 Å². The van der Waals surface area contributed by atoms with Crippen molar-refractivity contribution in [1.29, 1.82) is 0 Å². The van der Waals surface area contributed by atoms with Gasteiger partial charge in [-0.05, 0) is 0 Å². The van der Waals surface area contributed by atoms with Gasteiger partial charge in [0.15, 0.2) is 0 Å². The van der Waals surface area contributed by atoms with E-state index in [1.54, 1.807) is 0 Å². The summed E-state index contributed by atoms with van der Waals surface area (Å²) in [5.41, 5.74) is 1.77. The first-order chi connectivity index (χ1) is 13.1. The molecule has 2 aromatic rings. The third kappa shape index (κ3) is 5.72. The Morgan fingerprint density at radius 3 is 1.85 bits per heavy atom. The van der Waals surface area contributed by atoms with Crippen LogP contribution in [0.5, 0.6) is 0 Å². The maximum atomic E-state index is 13.0. The van der Waals surface area contributed by atoms with Crippen molar-refractivity contribution in [2.24, 2.45) is 0 Å². The number of benzene rings is 1. The van der Waals surface area contributed by atoms with Crippen molar-refractivity contribution in [2.75, 3.05) is 0 Å². The Balaban J connectivity index is 2.70. The van der Waals surface area contributed by atoms with Gasteiger partial charge < -0.3 is 0 Å². The first-order valence-corrected chi connectivity index (χ1v) is 18.3. The van der Waals surface area contributed by atoms with Gasteiger partial charge in [0.1, 0.15) is 0 Å². The number of hydrogen-bond donors (Lipinski definition) is 0. The summed E-state index contributed by atoms with van der Waals surface area (Å²) >= 11 is -2.73. The van der Waals surface area contributed by atoms with Gasteiger partial charge in [0.05, 0.1) is 0 Å². The van der Waals surface area contributed by atoms with Crippen molar-refractivity contribution in [3.8, 4) is 11.1 Å². The average Bonchev–Trinajstić information content (AvgIpc) is 2.68. The van der Waals surface area contributed by atoms with E-state index in [-0.39, 0.29) is 5.63 Å². The molecule has 0 fully saturated rings. The summed E-state index contributed by atoms with van der Waals surface area (Å²) in [6.45, 7) is 8.81. The van der Waals surface area contributed by atoms with E-state index in [4.69, 9.17) is 4.42 Å². The topological polar surface area (TPSA) is 30.2 Å². The van der Waals surface area contributed by atoms with Gasteiger partial charge in [-0.2, -0.15) is 0 Å². The van der Waals surface area contributed by atoms with Crippen LogP contribution >= 0.6 is 0 Å². The Hall–Kier alpha value is -1.03. The average molecular weight is 475 g/mol. The predicted molar refractivity (Wildman–Crippen MR) is 120 cm³/mol. The molecule has 0 amide bonds. The van der Waals surface area contributed by atoms with Crippen LogP contribution in [0.2, 0.25) is 13.3 Å². The van der Waals surface area contributed by atoms with E-state index >= 15 is 0 Å². The SMILES string of the molecule is CCC[CH2][Sn]([CH2]CCC)([CH2]CCC)[c]1cc(C)oc(=O)c1-c1ccccc1. The molecule has 0 unspecified atom stereocenters. The fourth-order valence-electron chi connectivity index (χ4n) is 4.23. The normalized spacial score (nSPS) is 11.7. The van der Waals surface area contributed by atoms with E-state index in [0.29, 0.717) is 0 Å². The van der Waals surface area contributed by atoms with Crippen molar-refractivity contribution in [1.82, 2.24) is 0 Å². The minimum absolute atomic E-state index is 0.137. The summed E-state index contributed by atoms with van der Waals surface area (Å²) in [6.07, 6.45) is 7.57. The molecular weight excluding hydrogens is 439 g/mol. The number of rotatable bonds is 11. The van der Waals surface area contributed by atoms with Crippen LogP contribution in [-0.2, 0) is 0 Å². The van der Waals surface area contributed by atoms with Gasteiger partial charge in [-0.25, -0.2) is 0 Å². The fourth-order valence-corrected chi connectivity index (χ4v) is 21.2. The molecule has 2 nitrogen and oxygen atoms in total. The van der Waals surface area contributed by atoms with Crippen molar-refractivity contribution >= 4 is 22.0 Å². The summed E-state index contributed by atoms with van der Waals surface area (Å²) < 4.78 is 11.1. The van der Waals surface area contributed by atoms with Crippen molar-refractivity contribution in [3.05, 3.63) is 52.6 Å². The first kappa shape index (κ1) is 22.3. The Bertz CT molecular complexity index is 727. The Morgan fingerprint density at radius 1 is 0.852 bits per heavy atom. The summed E-state index contributed by atoms with van der Waals surface area (Å²) in [7, 11) is 0. The molecule has 0 bridgehead atoms. The van der Waals surface area contributed by atoms with Crippen LogP contribution in [0, 0.1) is 6.92 Å². The van der Waals surface area contributed by atoms with Gasteiger partial charge in [0.25, 0.3) is 0 Å². The second-order valence-electron chi connectivity index (χ2n) is 7.89. The molecule has 0 radical (unpaired) electrons. The minimum atomic E-state index is -2.73. The molecular formula is C24H36O2Sn. The molecule has 0 aliphatic heterocycles. The summed E-state index contributed by atoms with van der Waals surface area (Å²) in [6, 6.07) is 12.5. The van der Waals surface area contributed by atoms with Gasteiger partial charge in [-0.15, -0.1) is 0 Å². The zero-order valence-electron chi connectivity index (χ0n) is 17.6. The predicted octanol–water partition coefficient (Wildman–Crippen LogP) is 6.67.